The molecule has 2 aromatic carbocycles. The summed E-state index contributed by atoms with van der Waals surface area (Å²) in [6, 6.07) is 9.73. The molecule has 2 aromatic rings. The van der Waals surface area contributed by atoms with Crippen LogP contribution in [0.15, 0.2) is 35.9 Å². The van der Waals surface area contributed by atoms with Crippen LogP contribution < -0.4 is 10.1 Å². The minimum absolute atomic E-state index is 0.155. The minimum Gasteiger partial charge on any atom is -0.491 e. The highest BCUT2D eigenvalue weighted by molar-refractivity contribution is 6.44. The molecule has 0 unspecified atom stereocenters. The van der Waals surface area contributed by atoms with E-state index in [1.807, 2.05) is 6.07 Å². The van der Waals surface area contributed by atoms with Crippen molar-refractivity contribution in [3.63, 3.8) is 0 Å². The zero-order valence-electron chi connectivity index (χ0n) is 13.4. The second-order valence-electron chi connectivity index (χ2n) is 4.97. The maximum absolute atomic E-state index is 12.4. The molecular weight excluding hydrogens is 418 g/mol. The van der Waals surface area contributed by atoms with Crippen LogP contribution >= 0.6 is 46.4 Å². The van der Waals surface area contributed by atoms with E-state index in [0.717, 1.165) is 0 Å². The molecule has 0 spiro atoms. The van der Waals surface area contributed by atoms with Crippen molar-refractivity contribution in [3.8, 4) is 11.8 Å². The van der Waals surface area contributed by atoms with E-state index < -0.39 is 5.91 Å². The molecule has 0 fully saturated rings. The van der Waals surface area contributed by atoms with Crippen LogP contribution in [0, 0.1) is 11.3 Å². The molecule has 0 aromatic heterocycles. The fourth-order valence-electron chi connectivity index (χ4n) is 2.05. The first-order chi connectivity index (χ1) is 12.4. The number of carbonyl (C=O) groups is 1. The highest BCUT2D eigenvalue weighted by Gasteiger charge is 2.14. The van der Waals surface area contributed by atoms with Crippen molar-refractivity contribution in [2.24, 2.45) is 0 Å². The smallest absolute Gasteiger partial charge is 0.266 e. The number of nitriles is 1. The van der Waals surface area contributed by atoms with Crippen LogP contribution in [0.2, 0.25) is 20.1 Å². The number of carbonyl (C=O) groups excluding carboxylic acids is 1. The summed E-state index contributed by atoms with van der Waals surface area (Å²) < 4.78 is 5.35. The Kier molecular flexibility index (Phi) is 7.19. The number of hydrogen-bond acceptors (Lipinski definition) is 3. The summed E-state index contributed by atoms with van der Waals surface area (Å²) in [7, 11) is 0. The van der Waals surface area contributed by atoms with Gasteiger partial charge in [-0.1, -0.05) is 52.5 Å². The highest BCUT2D eigenvalue weighted by Crippen LogP contribution is 2.35. The lowest BCUT2D eigenvalue weighted by Gasteiger charge is -2.10. The quantitative estimate of drug-likeness (QED) is 0.451. The third-order valence-electron chi connectivity index (χ3n) is 3.19. The molecule has 1 N–H and O–H groups in total. The molecule has 0 saturated carbocycles. The molecule has 4 nitrogen and oxygen atoms in total. The Morgan fingerprint density at radius 3 is 2.42 bits per heavy atom. The van der Waals surface area contributed by atoms with Crippen LogP contribution in [-0.2, 0) is 4.79 Å². The molecule has 0 atom stereocenters. The minimum atomic E-state index is -0.641. The second kappa shape index (κ2) is 9.16. The number of rotatable bonds is 5. The monoisotopic (exact) mass is 428 g/mol. The number of nitrogens with zero attached hydrogens (tertiary/aromatic N) is 1. The Morgan fingerprint density at radius 2 is 1.85 bits per heavy atom. The van der Waals surface area contributed by atoms with Crippen LogP contribution in [0.4, 0.5) is 5.69 Å². The number of halogens is 4. The van der Waals surface area contributed by atoms with Gasteiger partial charge >= 0.3 is 0 Å². The summed E-state index contributed by atoms with van der Waals surface area (Å²) in [6.07, 6.45) is 1.36. The normalized spacial score (nSPS) is 11.0. The topological polar surface area (TPSA) is 62.1 Å². The Hall–Kier alpha value is -1.90. The molecule has 0 aliphatic rings. The van der Waals surface area contributed by atoms with E-state index in [1.54, 1.807) is 37.3 Å². The van der Waals surface area contributed by atoms with Crippen LogP contribution in [0.5, 0.6) is 5.75 Å². The van der Waals surface area contributed by atoms with Crippen molar-refractivity contribution in [2.75, 3.05) is 11.9 Å². The van der Waals surface area contributed by atoms with Crippen LogP contribution in [0.3, 0.4) is 0 Å². The fraction of sp³-hybridized carbons (Fsp3) is 0.111. The van der Waals surface area contributed by atoms with Gasteiger partial charge in [-0.05, 0) is 42.8 Å². The molecule has 2 rings (SSSR count). The van der Waals surface area contributed by atoms with Gasteiger partial charge in [0.05, 0.1) is 32.4 Å². The van der Waals surface area contributed by atoms with Gasteiger partial charge in [-0.2, -0.15) is 5.26 Å². The molecule has 8 heteroatoms. The molecule has 0 aliphatic heterocycles. The average Bonchev–Trinajstić information content (AvgIpc) is 2.60. The molecule has 1 amide bonds. The van der Waals surface area contributed by atoms with Crippen molar-refractivity contribution in [1.29, 1.82) is 5.26 Å². The van der Waals surface area contributed by atoms with Gasteiger partial charge in [-0.15, -0.1) is 0 Å². The number of ether oxygens (including phenoxy) is 1. The van der Waals surface area contributed by atoms with Gasteiger partial charge in [-0.25, -0.2) is 0 Å². The lowest BCUT2D eigenvalue weighted by molar-refractivity contribution is -0.112. The molecule has 0 aliphatic carbocycles. The maximum Gasteiger partial charge on any atom is 0.266 e. The van der Waals surface area contributed by atoms with Crippen LogP contribution in [0.1, 0.15) is 12.5 Å². The maximum atomic E-state index is 12.4. The van der Waals surface area contributed by atoms with Gasteiger partial charge in [0.2, 0.25) is 0 Å². The summed E-state index contributed by atoms with van der Waals surface area (Å²) in [5.41, 5.74) is 0.623. The Bertz CT molecular complexity index is 897. The summed E-state index contributed by atoms with van der Waals surface area (Å²) in [4.78, 5) is 12.4. The van der Waals surface area contributed by atoms with E-state index in [2.05, 4.69) is 5.32 Å². The number of amides is 1. The highest BCUT2D eigenvalue weighted by atomic mass is 35.5. The third-order valence-corrected chi connectivity index (χ3v) is 4.57. The summed E-state index contributed by atoms with van der Waals surface area (Å²) >= 11 is 24.2. The standard InChI is InChI=1S/C18H12Cl4N2O2/c1-2-26-17-13(20)7-10(8-14(17)21)6-11(9-23)18(25)24-15-5-3-4-12(19)16(15)22/h3-8H,2H2,1H3,(H,24,25)/b11-6-. The third kappa shape index (κ3) is 4.84. The zero-order valence-corrected chi connectivity index (χ0v) is 16.5. The first-order valence-electron chi connectivity index (χ1n) is 7.36. The number of anilines is 1. The average molecular weight is 430 g/mol. The van der Waals surface area contributed by atoms with Crippen molar-refractivity contribution >= 4 is 64.1 Å². The molecule has 0 saturated heterocycles. The predicted molar refractivity (Wildman–Crippen MR) is 106 cm³/mol. The van der Waals surface area contributed by atoms with Gasteiger partial charge in [0, 0.05) is 0 Å². The Balaban J connectivity index is 2.31. The predicted octanol–water partition coefficient (Wildman–Crippen LogP) is 6.24. The van der Waals surface area contributed by atoms with Crippen molar-refractivity contribution in [2.45, 2.75) is 6.92 Å². The van der Waals surface area contributed by atoms with E-state index >= 15 is 0 Å². The van der Waals surface area contributed by atoms with E-state index in [1.165, 1.54) is 6.08 Å². The molecule has 134 valence electrons. The van der Waals surface area contributed by atoms with Gasteiger partial charge < -0.3 is 10.1 Å². The summed E-state index contributed by atoms with van der Waals surface area (Å²) in [5.74, 6) is -0.292. The van der Waals surface area contributed by atoms with Gasteiger partial charge in [0.25, 0.3) is 5.91 Å². The van der Waals surface area contributed by atoms with Crippen molar-refractivity contribution in [3.05, 3.63) is 61.6 Å². The van der Waals surface area contributed by atoms with Crippen molar-refractivity contribution in [1.82, 2.24) is 0 Å². The molecule has 0 radical (unpaired) electrons. The largest absolute Gasteiger partial charge is 0.491 e. The second-order valence-corrected chi connectivity index (χ2v) is 6.57. The number of nitrogens with one attached hydrogen (secondary N) is 1. The summed E-state index contributed by atoms with van der Waals surface area (Å²) in [5, 5.41) is 12.9. The molecule has 0 bridgehead atoms. The number of hydrogen-bond donors (Lipinski definition) is 1. The lowest BCUT2D eigenvalue weighted by Crippen LogP contribution is -2.13. The summed E-state index contributed by atoms with van der Waals surface area (Å²) in [6.45, 7) is 2.21. The first-order valence-corrected chi connectivity index (χ1v) is 8.87. The Morgan fingerprint density at radius 1 is 1.19 bits per heavy atom. The molecule has 0 heterocycles. The van der Waals surface area contributed by atoms with Gasteiger partial charge in [0.15, 0.2) is 5.75 Å². The Labute approximate surface area is 170 Å². The first kappa shape index (κ1) is 20.4. The van der Waals surface area contributed by atoms with E-state index in [-0.39, 0.29) is 25.7 Å². The molecular formula is C18H12Cl4N2O2. The lowest BCUT2D eigenvalue weighted by atomic mass is 10.1. The SMILES string of the molecule is CCOc1c(Cl)cc(/C=C(/C#N)C(=O)Nc2cccc(Cl)c2Cl)cc1Cl. The van der Waals surface area contributed by atoms with Crippen LogP contribution in [0.25, 0.3) is 6.08 Å². The molecule has 26 heavy (non-hydrogen) atoms. The van der Waals surface area contributed by atoms with Gasteiger partial charge in [0.1, 0.15) is 11.6 Å². The van der Waals surface area contributed by atoms with E-state index in [0.29, 0.717) is 23.6 Å². The zero-order chi connectivity index (χ0) is 19.3. The van der Waals surface area contributed by atoms with Crippen molar-refractivity contribution < 1.29 is 9.53 Å². The van der Waals surface area contributed by atoms with E-state index in [9.17, 15) is 10.1 Å². The van der Waals surface area contributed by atoms with Gasteiger partial charge in [-0.3, -0.25) is 4.79 Å². The fourth-order valence-corrected chi connectivity index (χ4v) is 3.01. The van der Waals surface area contributed by atoms with E-state index in [4.69, 9.17) is 51.1 Å². The number of benzene rings is 2. The van der Waals surface area contributed by atoms with Crippen LogP contribution in [-0.4, -0.2) is 12.5 Å².